The van der Waals surface area contributed by atoms with E-state index in [1.165, 1.54) is 7.11 Å². The standard InChI is InChI=1S/C13H19ClN2O4S/c1-4-7-16(21(3,18)19)9-13(17)15-11-8-10(14)5-6-12(11)20-2/h5-6,8H,4,7,9H2,1-3H3,(H,15,17). The zero-order chi connectivity index (χ0) is 16.0. The van der Waals surface area contributed by atoms with Crippen molar-refractivity contribution in [3.05, 3.63) is 23.2 Å². The Hall–Kier alpha value is -1.31. The molecule has 0 unspecified atom stereocenters. The van der Waals surface area contributed by atoms with Gasteiger partial charge in [0.15, 0.2) is 0 Å². The van der Waals surface area contributed by atoms with Crippen molar-refractivity contribution in [2.24, 2.45) is 0 Å². The summed E-state index contributed by atoms with van der Waals surface area (Å²) >= 11 is 5.87. The minimum absolute atomic E-state index is 0.248. The molecule has 0 heterocycles. The van der Waals surface area contributed by atoms with Gasteiger partial charge in [0.1, 0.15) is 5.75 Å². The molecule has 6 nitrogen and oxygen atoms in total. The van der Waals surface area contributed by atoms with Crippen molar-refractivity contribution >= 4 is 33.2 Å². The first-order valence-corrected chi connectivity index (χ1v) is 8.59. The minimum Gasteiger partial charge on any atom is -0.495 e. The molecule has 0 radical (unpaired) electrons. The maximum atomic E-state index is 12.0. The van der Waals surface area contributed by atoms with Gasteiger partial charge >= 0.3 is 0 Å². The zero-order valence-electron chi connectivity index (χ0n) is 12.2. The Morgan fingerprint density at radius 1 is 1.43 bits per heavy atom. The van der Waals surface area contributed by atoms with Gasteiger partial charge in [-0.1, -0.05) is 18.5 Å². The average Bonchev–Trinajstić information content (AvgIpc) is 2.37. The van der Waals surface area contributed by atoms with Crippen LogP contribution in [0.25, 0.3) is 0 Å². The van der Waals surface area contributed by atoms with E-state index in [9.17, 15) is 13.2 Å². The van der Waals surface area contributed by atoms with Crippen molar-refractivity contribution in [2.75, 3.05) is 31.8 Å². The van der Waals surface area contributed by atoms with Gasteiger partial charge in [0.05, 0.1) is 25.6 Å². The van der Waals surface area contributed by atoms with Gasteiger partial charge in [0.25, 0.3) is 0 Å². The molecule has 0 aliphatic carbocycles. The largest absolute Gasteiger partial charge is 0.495 e. The normalized spacial score (nSPS) is 11.5. The van der Waals surface area contributed by atoms with Crippen LogP contribution in [0.3, 0.4) is 0 Å². The number of rotatable bonds is 7. The summed E-state index contributed by atoms with van der Waals surface area (Å²) in [5.74, 6) is 0.00332. The molecule has 0 bridgehead atoms. The van der Waals surface area contributed by atoms with Crippen LogP contribution in [-0.4, -0.2) is 45.1 Å². The van der Waals surface area contributed by atoms with Gasteiger partial charge in [-0.15, -0.1) is 0 Å². The quantitative estimate of drug-likeness (QED) is 0.827. The van der Waals surface area contributed by atoms with Gasteiger partial charge in [0.2, 0.25) is 15.9 Å². The summed E-state index contributed by atoms with van der Waals surface area (Å²) in [5.41, 5.74) is 0.403. The molecule has 0 aliphatic heterocycles. The van der Waals surface area contributed by atoms with Crippen LogP contribution in [-0.2, 0) is 14.8 Å². The van der Waals surface area contributed by atoms with Gasteiger partial charge < -0.3 is 10.1 Å². The van der Waals surface area contributed by atoms with Crippen molar-refractivity contribution in [1.82, 2.24) is 4.31 Å². The van der Waals surface area contributed by atoms with Crippen molar-refractivity contribution in [1.29, 1.82) is 0 Å². The van der Waals surface area contributed by atoms with Crippen LogP contribution in [0.5, 0.6) is 5.75 Å². The second-order valence-electron chi connectivity index (χ2n) is 4.49. The van der Waals surface area contributed by atoms with Gasteiger partial charge in [-0.05, 0) is 24.6 Å². The third kappa shape index (κ3) is 5.53. The van der Waals surface area contributed by atoms with E-state index in [4.69, 9.17) is 16.3 Å². The van der Waals surface area contributed by atoms with E-state index in [1.54, 1.807) is 18.2 Å². The number of nitrogens with zero attached hydrogens (tertiary/aromatic N) is 1. The highest BCUT2D eigenvalue weighted by Crippen LogP contribution is 2.27. The summed E-state index contributed by atoms with van der Waals surface area (Å²) in [4.78, 5) is 12.0. The molecule has 0 aromatic heterocycles. The third-order valence-corrected chi connectivity index (χ3v) is 4.18. The number of benzene rings is 1. The predicted octanol–water partition coefficient (Wildman–Crippen LogP) is 1.96. The second-order valence-corrected chi connectivity index (χ2v) is 6.91. The molecule has 8 heteroatoms. The molecule has 0 atom stereocenters. The number of hydrogen-bond acceptors (Lipinski definition) is 4. The first-order valence-electron chi connectivity index (χ1n) is 6.36. The summed E-state index contributed by atoms with van der Waals surface area (Å²) in [6.07, 6.45) is 1.71. The number of hydrogen-bond donors (Lipinski definition) is 1. The van der Waals surface area contributed by atoms with Gasteiger partial charge in [-0.3, -0.25) is 4.79 Å². The molecule has 0 saturated carbocycles. The maximum Gasteiger partial charge on any atom is 0.239 e. The first kappa shape index (κ1) is 17.7. The van der Waals surface area contributed by atoms with Crippen molar-refractivity contribution in [3.8, 4) is 5.75 Å². The SMILES string of the molecule is CCCN(CC(=O)Nc1cc(Cl)ccc1OC)S(C)(=O)=O. The lowest BCUT2D eigenvalue weighted by Gasteiger charge is -2.19. The Kier molecular flexibility index (Phi) is 6.44. The third-order valence-electron chi connectivity index (χ3n) is 2.70. The number of carbonyl (C=O) groups excluding carboxylic acids is 1. The highest BCUT2D eigenvalue weighted by atomic mass is 35.5. The average molecular weight is 335 g/mol. The summed E-state index contributed by atoms with van der Waals surface area (Å²) in [6.45, 7) is 1.89. The molecule has 1 rings (SSSR count). The highest BCUT2D eigenvalue weighted by molar-refractivity contribution is 7.88. The Balaban J connectivity index is 2.84. The van der Waals surface area contributed by atoms with Crippen molar-refractivity contribution in [2.45, 2.75) is 13.3 Å². The summed E-state index contributed by atoms with van der Waals surface area (Å²) in [6, 6.07) is 4.80. The lowest BCUT2D eigenvalue weighted by molar-refractivity contribution is -0.116. The van der Waals surface area contributed by atoms with Crippen molar-refractivity contribution < 1.29 is 17.9 Å². The fourth-order valence-corrected chi connectivity index (χ4v) is 2.78. The Labute approximate surface area is 130 Å². The van der Waals surface area contributed by atoms with Crippen molar-refractivity contribution in [3.63, 3.8) is 0 Å². The molecule has 0 saturated heterocycles. The summed E-state index contributed by atoms with van der Waals surface area (Å²) in [5, 5.41) is 3.05. The van der Waals surface area contributed by atoms with E-state index in [1.807, 2.05) is 6.92 Å². The van der Waals surface area contributed by atoms with Crippen LogP contribution >= 0.6 is 11.6 Å². The molecule has 1 amide bonds. The second kappa shape index (κ2) is 7.63. The van der Waals surface area contributed by atoms with Gasteiger partial charge in [-0.2, -0.15) is 4.31 Å². The number of nitrogens with one attached hydrogen (secondary N) is 1. The number of carbonyl (C=O) groups is 1. The fraction of sp³-hybridized carbons (Fsp3) is 0.462. The number of ether oxygens (including phenoxy) is 1. The monoisotopic (exact) mass is 334 g/mol. The number of amides is 1. The Bertz CT molecular complexity index is 604. The summed E-state index contributed by atoms with van der Waals surface area (Å²) in [7, 11) is -1.95. The number of anilines is 1. The minimum atomic E-state index is -3.42. The maximum absolute atomic E-state index is 12.0. The first-order chi connectivity index (χ1) is 9.77. The topological polar surface area (TPSA) is 75.7 Å². The van der Waals surface area contributed by atoms with E-state index in [0.717, 1.165) is 10.6 Å². The van der Waals surface area contributed by atoms with Crippen LogP contribution in [0, 0.1) is 0 Å². The molecule has 118 valence electrons. The molecule has 1 aromatic carbocycles. The van der Waals surface area contributed by atoms with Crippen LogP contribution in [0.1, 0.15) is 13.3 Å². The molecule has 1 N–H and O–H groups in total. The molecular formula is C13H19ClN2O4S. The van der Waals surface area contributed by atoms with Crippen LogP contribution in [0.15, 0.2) is 18.2 Å². The Morgan fingerprint density at radius 2 is 2.10 bits per heavy atom. The van der Waals surface area contributed by atoms with E-state index in [2.05, 4.69) is 5.32 Å². The van der Waals surface area contributed by atoms with Crippen LogP contribution < -0.4 is 10.1 Å². The molecule has 0 fully saturated rings. The molecular weight excluding hydrogens is 316 g/mol. The van der Waals surface area contributed by atoms with Crippen LogP contribution in [0.2, 0.25) is 5.02 Å². The predicted molar refractivity (Wildman–Crippen MR) is 83.3 cm³/mol. The number of methoxy groups -OCH3 is 1. The molecule has 0 aliphatic rings. The molecule has 1 aromatic rings. The zero-order valence-corrected chi connectivity index (χ0v) is 13.8. The number of halogens is 1. The van der Waals surface area contributed by atoms with Gasteiger partial charge in [0, 0.05) is 11.6 Å². The highest BCUT2D eigenvalue weighted by Gasteiger charge is 2.19. The van der Waals surface area contributed by atoms with Gasteiger partial charge in [-0.25, -0.2) is 8.42 Å². The molecule has 0 spiro atoms. The lowest BCUT2D eigenvalue weighted by Crippen LogP contribution is -2.37. The smallest absolute Gasteiger partial charge is 0.239 e. The summed E-state index contributed by atoms with van der Waals surface area (Å²) < 4.78 is 29.4. The molecule has 21 heavy (non-hydrogen) atoms. The number of sulfonamides is 1. The Morgan fingerprint density at radius 3 is 2.62 bits per heavy atom. The van der Waals surface area contributed by atoms with E-state index < -0.39 is 15.9 Å². The van der Waals surface area contributed by atoms with E-state index >= 15 is 0 Å². The lowest BCUT2D eigenvalue weighted by atomic mass is 10.3. The van der Waals surface area contributed by atoms with Crippen LogP contribution in [0.4, 0.5) is 5.69 Å². The van der Waals surface area contributed by atoms with E-state index in [-0.39, 0.29) is 6.54 Å². The fourth-order valence-electron chi connectivity index (χ4n) is 1.74. The van der Waals surface area contributed by atoms with E-state index in [0.29, 0.717) is 29.4 Å².